The Kier molecular flexibility index (Phi) is 4.36. The van der Waals surface area contributed by atoms with Gasteiger partial charge in [0.1, 0.15) is 6.04 Å². The van der Waals surface area contributed by atoms with Crippen LogP contribution in [0.3, 0.4) is 0 Å². The van der Waals surface area contributed by atoms with Crippen molar-refractivity contribution in [3.05, 3.63) is 27.2 Å². The first-order valence-corrected chi connectivity index (χ1v) is 8.38. The Morgan fingerprint density at radius 2 is 2.08 bits per heavy atom. The third kappa shape index (κ3) is 2.92. The summed E-state index contributed by atoms with van der Waals surface area (Å²) >= 11 is 0. The van der Waals surface area contributed by atoms with Gasteiger partial charge in [-0.1, -0.05) is 0 Å². The topological polar surface area (TPSA) is 108 Å². The van der Waals surface area contributed by atoms with Gasteiger partial charge in [0.15, 0.2) is 5.65 Å². The molecular weight excluding hydrogens is 324 g/mol. The number of carbonyl (C=O) groups is 2. The molecule has 8 heteroatoms. The number of amides is 1. The first kappa shape index (κ1) is 17.2. The highest BCUT2D eigenvalue weighted by Gasteiger charge is 2.33. The summed E-state index contributed by atoms with van der Waals surface area (Å²) in [6.07, 6.45) is 1.87. The Labute approximate surface area is 144 Å². The Morgan fingerprint density at radius 3 is 2.76 bits per heavy atom. The number of nitrogens with zero attached hydrogens (tertiary/aromatic N) is 3. The number of fused-ring (bicyclic) bond motifs is 1. The molecule has 0 radical (unpaired) electrons. The van der Waals surface area contributed by atoms with E-state index >= 15 is 0 Å². The van der Waals surface area contributed by atoms with Crippen LogP contribution in [0.15, 0.2) is 4.79 Å². The van der Waals surface area contributed by atoms with Gasteiger partial charge in [0.25, 0.3) is 5.56 Å². The van der Waals surface area contributed by atoms with Crippen LogP contribution in [0.4, 0.5) is 0 Å². The van der Waals surface area contributed by atoms with Crippen LogP contribution < -0.4 is 5.56 Å². The number of aromatic nitrogens is 3. The van der Waals surface area contributed by atoms with Crippen molar-refractivity contribution in [1.82, 2.24) is 19.7 Å². The average Bonchev–Trinajstić information content (AvgIpc) is 3.12. The summed E-state index contributed by atoms with van der Waals surface area (Å²) in [7, 11) is 1.73. The van der Waals surface area contributed by atoms with Crippen molar-refractivity contribution in [3.8, 4) is 0 Å². The van der Waals surface area contributed by atoms with E-state index < -0.39 is 12.0 Å². The summed E-state index contributed by atoms with van der Waals surface area (Å²) < 4.78 is 1.59. The number of aromatic amines is 1. The van der Waals surface area contributed by atoms with E-state index in [4.69, 9.17) is 0 Å². The number of carboxylic acids is 1. The average molecular weight is 346 g/mol. The van der Waals surface area contributed by atoms with Crippen LogP contribution in [0.2, 0.25) is 0 Å². The lowest BCUT2D eigenvalue weighted by atomic mass is 10.00. The summed E-state index contributed by atoms with van der Waals surface area (Å²) in [4.78, 5) is 41.7. The molecule has 25 heavy (non-hydrogen) atoms. The largest absolute Gasteiger partial charge is 0.480 e. The van der Waals surface area contributed by atoms with Crippen molar-refractivity contribution in [2.75, 3.05) is 6.54 Å². The number of aryl methyl sites for hydroxylation is 3. The van der Waals surface area contributed by atoms with E-state index in [1.807, 2.05) is 13.8 Å². The first-order valence-electron chi connectivity index (χ1n) is 8.38. The van der Waals surface area contributed by atoms with E-state index in [0.717, 1.165) is 16.8 Å². The quantitative estimate of drug-likeness (QED) is 0.854. The van der Waals surface area contributed by atoms with Crippen molar-refractivity contribution in [3.63, 3.8) is 0 Å². The van der Waals surface area contributed by atoms with Crippen LogP contribution in [0.1, 0.15) is 36.1 Å². The van der Waals surface area contributed by atoms with Gasteiger partial charge in [0, 0.05) is 25.7 Å². The minimum Gasteiger partial charge on any atom is -0.480 e. The molecule has 1 saturated heterocycles. The molecule has 8 nitrogen and oxygen atoms in total. The van der Waals surface area contributed by atoms with Crippen molar-refractivity contribution in [2.24, 2.45) is 7.05 Å². The van der Waals surface area contributed by atoms with Crippen LogP contribution in [-0.4, -0.2) is 49.2 Å². The van der Waals surface area contributed by atoms with Crippen LogP contribution in [0, 0.1) is 13.8 Å². The first-order chi connectivity index (χ1) is 11.8. The summed E-state index contributed by atoms with van der Waals surface area (Å²) in [5.41, 5.74) is 2.89. The van der Waals surface area contributed by atoms with E-state index in [1.54, 1.807) is 11.7 Å². The van der Waals surface area contributed by atoms with Crippen molar-refractivity contribution < 1.29 is 14.7 Å². The molecule has 3 rings (SSSR count). The monoisotopic (exact) mass is 346 g/mol. The molecule has 0 aliphatic carbocycles. The maximum absolute atomic E-state index is 12.5. The number of H-pyrrole nitrogens is 1. The Hall–Kier alpha value is -2.64. The maximum Gasteiger partial charge on any atom is 0.326 e. The second kappa shape index (κ2) is 6.34. The normalized spacial score (nSPS) is 17.4. The van der Waals surface area contributed by atoms with E-state index in [0.29, 0.717) is 36.8 Å². The fourth-order valence-corrected chi connectivity index (χ4v) is 3.71. The second-order valence-electron chi connectivity index (χ2n) is 6.58. The lowest BCUT2D eigenvalue weighted by Gasteiger charge is -2.21. The fraction of sp³-hybridized carbons (Fsp3) is 0.529. The zero-order valence-electron chi connectivity index (χ0n) is 14.6. The van der Waals surface area contributed by atoms with E-state index in [9.17, 15) is 19.5 Å². The molecule has 1 aliphatic rings. The summed E-state index contributed by atoms with van der Waals surface area (Å²) in [5, 5.41) is 12.5. The molecule has 3 heterocycles. The van der Waals surface area contributed by atoms with Gasteiger partial charge in [0.2, 0.25) is 5.91 Å². The predicted molar refractivity (Wildman–Crippen MR) is 91.5 cm³/mol. The Balaban J connectivity index is 1.84. The number of hydrogen-bond donors (Lipinski definition) is 2. The molecule has 0 bridgehead atoms. The molecule has 0 saturated carbocycles. The smallest absolute Gasteiger partial charge is 0.326 e. The molecular formula is C17H22N4O4. The van der Waals surface area contributed by atoms with Crippen LogP contribution in [-0.2, 0) is 23.1 Å². The SMILES string of the molecule is Cc1nc2c(c(C)c1CCC(=O)N1CCC[C@@H]1C(=O)O)c(=O)[nH]n2C. The lowest BCUT2D eigenvalue weighted by molar-refractivity contribution is -0.148. The zero-order chi connectivity index (χ0) is 18.3. The predicted octanol–water partition coefficient (Wildman–Crippen LogP) is 0.887. The zero-order valence-corrected chi connectivity index (χ0v) is 14.6. The molecule has 2 N–H and O–H groups in total. The van der Waals surface area contributed by atoms with Crippen LogP contribution in [0.25, 0.3) is 11.0 Å². The molecule has 1 amide bonds. The van der Waals surface area contributed by atoms with Crippen molar-refractivity contribution in [2.45, 2.75) is 45.6 Å². The van der Waals surface area contributed by atoms with E-state index in [1.165, 1.54) is 4.90 Å². The van der Waals surface area contributed by atoms with Gasteiger partial charge in [-0.05, 0) is 44.2 Å². The van der Waals surface area contributed by atoms with Gasteiger partial charge in [-0.25, -0.2) is 9.78 Å². The fourth-order valence-electron chi connectivity index (χ4n) is 3.71. The van der Waals surface area contributed by atoms with Crippen LogP contribution >= 0.6 is 0 Å². The highest BCUT2D eigenvalue weighted by Crippen LogP contribution is 2.23. The molecule has 1 fully saturated rings. The number of aliphatic carboxylic acids is 1. The Morgan fingerprint density at radius 1 is 1.36 bits per heavy atom. The number of nitrogens with one attached hydrogen (secondary N) is 1. The molecule has 1 aliphatic heterocycles. The van der Waals surface area contributed by atoms with Crippen molar-refractivity contribution >= 4 is 22.9 Å². The van der Waals surface area contributed by atoms with Gasteiger partial charge in [-0.3, -0.25) is 19.4 Å². The highest BCUT2D eigenvalue weighted by molar-refractivity contribution is 5.85. The number of carboxylic acid groups (broad SMARTS) is 1. The van der Waals surface area contributed by atoms with Crippen LogP contribution in [0.5, 0.6) is 0 Å². The van der Waals surface area contributed by atoms with Gasteiger partial charge < -0.3 is 10.0 Å². The number of pyridine rings is 1. The molecule has 134 valence electrons. The van der Waals surface area contributed by atoms with Gasteiger partial charge >= 0.3 is 5.97 Å². The molecule has 0 aromatic carbocycles. The highest BCUT2D eigenvalue weighted by atomic mass is 16.4. The van der Waals surface area contributed by atoms with Crippen molar-refractivity contribution in [1.29, 1.82) is 0 Å². The van der Waals surface area contributed by atoms with Gasteiger partial charge in [-0.2, -0.15) is 0 Å². The second-order valence-corrected chi connectivity index (χ2v) is 6.58. The van der Waals surface area contributed by atoms with Gasteiger partial charge in [0.05, 0.1) is 5.39 Å². The molecule has 2 aromatic heterocycles. The lowest BCUT2D eigenvalue weighted by Crippen LogP contribution is -2.40. The summed E-state index contributed by atoms with van der Waals surface area (Å²) in [6.45, 7) is 4.21. The number of hydrogen-bond acceptors (Lipinski definition) is 4. The molecule has 0 spiro atoms. The number of rotatable bonds is 4. The minimum atomic E-state index is -0.947. The minimum absolute atomic E-state index is 0.161. The molecule has 2 aromatic rings. The van der Waals surface area contributed by atoms with E-state index in [2.05, 4.69) is 10.1 Å². The third-order valence-electron chi connectivity index (χ3n) is 5.02. The molecule has 1 atom stereocenters. The standard InChI is InChI=1S/C17H22N4O4/c1-9-11(10(2)18-15-14(9)16(23)19-20(15)3)6-7-13(22)21-8-4-5-12(21)17(24)25/h12H,4-8H2,1-3H3,(H,19,23)(H,24,25)/t12-/m1/s1. The number of carbonyl (C=O) groups excluding carboxylic acids is 1. The van der Waals surface area contributed by atoms with Gasteiger partial charge in [-0.15, -0.1) is 0 Å². The number of likely N-dealkylation sites (tertiary alicyclic amines) is 1. The summed E-state index contributed by atoms with van der Waals surface area (Å²) in [6, 6.07) is -0.715. The maximum atomic E-state index is 12.5. The molecule has 0 unspecified atom stereocenters. The Bertz CT molecular complexity index is 911. The van der Waals surface area contributed by atoms with E-state index in [-0.39, 0.29) is 17.9 Å². The summed E-state index contributed by atoms with van der Waals surface area (Å²) in [5.74, 6) is -1.11. The third-order valence-corrected chi connectivity index (χ3v) is 5.02.